The average Bonchev–Trinajstić information content (AvgIpc) is 2.76. The summed E-state index contributed by atoms with van der Waals surface area (Å²) in [5.74, 6) is 1.40. The van der Waals surface area contributed by atoms with Gasteiger partial charge >= 0.3 is 0 Å². The van der Waals surface area contributed by atoms with Crippen LogP contribution in [0.3, 0.4) is 0 Å². The van der Waals surface area contributed by atoms with Crippen LogP contribution in [0.5, 0.6) is 11.5 Å². The standard InChI is InChI=1S/C23H18N2O4/c24-17-20(18-10-12-21(13-11-18)25(26)27)16-19-6-4-5-9-23(19)29-15-14-28-22-7-2-1-3-8-22/h1-13,16H,14-15H2/b20-16+. The van der Waals surface area contributed by atoms with Gasteiger partial charge < -0.3 is 9.47 Å². The third-order valence-corrected chi connectivity index (χ3v) is 4.08. The summed E-state index contributed by atoms with van der Waals surface area (Å²) in [5.41, 5.74) is 1.70. The Balaban J connectivity index is 1.71. The van der Waals surface area contributed by atoms with E-state index < -0.39 is 4.92 Å². The fourth-order valence-corrected chi connectivity index (χ4v) is 2.66. The van der Waals surface area contributed by atoms with E-state index in [2.05, 4.69) is 6.07 Å². The number of hydrogen-bond acceptors (Lipinski definition) is 5. The van der Waals surface area contributed by atoms with Gasteiger partial charge in [-0.3, -0.25) is 10.1 Å². The monoisotopic (exact) mass is 386 g/mol. The van der Waals surface area contributed by atoms with Crippen molar-refractivity contribution in [3.8, 4) is 17.6 Å². The summed E-state index contributed by atoms with van der Waals surface area (Å²) in [6, 6.07) is 24.9. The Kier molecular flexibility index (Phi) is 6.58. The number of ether oxygens (including phenoxy) is 2. The van der Waals surface area contributed by atoms with Gasteiger partial charge in [-0.1, -0.05) is 36.4 Å². The van der Waals surface area contributed by atoms with Gasteiger partial charge in [-0.25, -0.2) is 0 Å². The van der Waals surface area contributed by atoms with Gasteiger partial charge in [0.05, 0.1) is 16.6 Å². The number of nitriles is 1. The second-order valence-corrected chi connectivity index (χ2v) is 6.02. The highest BCUT2D eigenvalue weighted by Gasteiger charge is 2.08. The summed E-state index contributed by atoms with van der Waals surface area (Å²) in [4.78, 5) is 10.3. The van der Waals surface area contributed by atoms with Crippen LogP contribution in [0, 0.1) is 21.4 Å². The van der Waals surface area contributed by atoms with Crippen molar-refractivity contribution >= 4 is 17.3 Å². The third-order valence-electron chi connectivity index (χ3n) is 4.08. The van der Waals surface area contributed by atoms with Crippen molar-refractivity contribution in [2.75, 3.05) is 13.2 Å². The first-order valence-corrected chi connectivity index (χ1v) is 8.93. The molecule has 0 aliphatic rings. The lowest BCUT2D eigenvalue weighted by Crippen LogP contribution is -2.09. The molecule has 0 aliphatic heterocycles. The average molecular weight is 386 g/mol. The molecule has 3 aromatic rings. The Morgan fingerprint density at radius 1 is 0.931 bits per heavy atom. The molecule has 0 N–H and O–H groups in total. The van der Waals surface area contributed by atoms with Gasteiger partial charge in [-0.15, -0.1) is 0 Å². The third kappa shape index (κ3) is 5.44. The van der Waals surface area contributed by atoms with Crippen LogP contribution in [0.2, 0.25) is 0 Å². The second kappa shape index (κ2) is 9.72. The Bertz CT molecular complexity index is 1040. The van der Waals surface area contributed by atoms with Gasteiger partial charge in [0.25, 0.3) is 5.69 Å². The van der Waals surface area contributed by atoms with Crippen molar-refractivity contribution in [2.45, 2.75) is 0 Å². The maximum atomic E-state index is 10.8. The minimum Gasteiger partial charge on any atom is -0.490 e. The van der Waals surface area contributed by atoms with Crippen molar-refractivity contribution in [2.24, 2.45) is 0 Å². The highest BCUT2D eigenvalue weighted by Crippen LogP contribution is 2.25. The van der Waals surface area contributed by atoms with Crippen LogP contribution >= 0.6 is 0 Å². The highest BCUT2D eigenvalue weighted by atomic mass is 16.6. The van der Waals surface area contributed by atoms with Crippen molar-refractivity contribution < 1.29 is 14.4 Å². The summed E-state index contributed by atoms with van der Waals surface area (Å²) in [5, 5.41) is 20.3. The molecular weight excluding hydrogens is 368 g/mol. The fraction of sp³-hybridized carbons (Fsp3) is 0.0870. The first kappa shape index (κ1) is 19.6. The number of nitro groups is 1. The Hall–Kier alpha value is -4.11. The van der Waals surface area contributed by atoms with Crippen LogP contribution < -0.4 is 9.47 Å². The summed E-state index contributed by atoms with van der Waals surface area (Å²) >= 11 is 0. The number of para-hydroxylation sites is 2. The molecule has 144 valence electrons. The van der Waals surface area contributed by atoms with E-state index in [1.807, 2.05) is 54.6 Å². The molecule has 0 bridgehead atoms. The molecule has 0 amide bonds. The van der Waals surface area contributed by atoms with E-state index in [0.717, 1.165) is 11.3 Å². The number of benzene rings is 3. The zero-order chi connectivity index (χ0) is 20.5. The molecule has 6 nitrogen and oxygen atoms in total. The molecule has 0 saturated heterocycles. The maximum absolute atomic E-state index is 10.8. The van der Waals surface area contributed by atoms with E-state index in [0.29, 0.717) is 30.1 Å². The van der Waals surface area contributed by atoms with Crippen LogP contribution in [0.1, 0.15) is 11.1 Å². The van der Waals surface area contributed by atoms with E-state index in [9.17, 15) is 15.4 Å². The van der Waals surface area contributed by atoms with Gasteiger partial charge in [-0.05, 0) is 42.0 Å². The predicted octanol–water partition coefficient (Wildman–Crippen LogP) is 5.12. The van der Waals surface area contributed by atoms with Crippen molar-refractivity contribution in [1.82, 2.24) is 0 Å². The molecule has 3 rings (SSSR count). The molecule has 3 aromatic carbocycles. The largest absolute Gasteiger partial charge is 0.490 e. The topological polar surface area (TPSA) is 85.4 Å². The van der Waals surface area contributed by atoms with Gasteiger partial charge in [-0.2, -0.15) is 5.26 Å². The lowest BCUT2D eigenvalue weighted by molar-refractivity contribution is -0.384. The Morgan fingerprint density at radius 2 is 1.59 bits per heavy atom. The van der Waals surface area contributed by atoms with Gasteiger partial charge in [0.15, 0.2) is 0 Å². The number of allylic oxidation sites excluding steroid dienone is 1. The molecule has 0 saturated carbocycles. The molecule has 0 heterocycles. The molecule has 0 spiro atoms. The zero-order valence-corrected chi connectivity index (χ0v) is 15.5. The summed E-state index contributed by atoms with van der Waals surface area (Å²) < 4.78 is 11.4. The molecule has 0 aliphatic carbocycles. The van der Waals surface area contributed by atoms with E-state index in [1.165, 1.54) is 12.1 Å². The van der Waals surface area contributed by atoms with E-state index in [4.69, 9.17) is 9.47 Å². The van der Waals surface area contributed by atoms with Crippen LogP contribution in [0.15, 0.2) is 78.9 Å². The first-order chi connectivity index (χ1) is 14.2. The lowest BCUT2D eigenvalue weighted by atomic mass is 10.0. The minimum absolute atomic E-state index is 0.0202. The predicted molar refractivity (Wildman–Crippen MR) is 110 cm³/mol. The highest BCUT2D eigenvalue weighted by molar-refractivity contribution is 5.90. The van der Waals surface area contributed by atoms with Crippen LogP contribution in [0.4, 0.5) is 5.69 Å². The molecule has 0 unspecified atom stereocenters. The molecule has 0 aromatic heterocycles. The van der Waals surface area contributed by atoms with Crippen LogP contribution in [-0.4, -0.2) is 18.1 Å². The number of non-ortho nitro benzene ring substituents is 1. The normalized spacial score (nSPS) is 10.8. The number of rotatable bonds is 8. The van der Waals surface area contributed by atoms with Crippen molar-refractivity contribution in [1.29, 1.82) is 5.26 Å². The zero-order valence-electron chi connectivity index (χ0n) is 15.5. The van der Waals surface area contributed by atoms with Crippen LogP contribution in [-0.2, 0) is 0 Å². The van der Waals surface area contributed by atoms with E-state index in [1.54, 1.807) is 18.2 Å². The minimum atomic E-state index is -0.472. The quantitative estimate of drug-likeness (QED) is 0.176. The number of nitro benzene ring substituents is 1. The molecular formula is C23H18N2O4. The van der Waals surface area contributed by atoms with E-state index >= 15 is 0 Å². The van der Waals surface area contributed by atoms with Crippen LogP contribution in [0.25, 0.3) is 11.6 Å². The lowest BCUT2D eigenvalue weighted by Gasteiger charge is -2.11. The summed E-state index contributed by atoms with van der Waals surface area (Å²) in [6.07, 6.45) is 1.70. The van der Waals surface area contributed by atoms with Gasteiger partial charge in [0.2, 0.25) is 0 Å². The molecule has 0 atom stereocenters. The molecule has 29 heavy (non-hydrogen) atoms. The smallest absolute Gasteiger partial charge is 0.269 e. The van der Waals surface area contributed by atoms with E-state index in [-0.39, 0.29) is 5.69 Å². The van der Waals surface area contributed by atoms with Gasteiger partial charge in [0, 0.05) is 17.7 Å². The maximum Gasteiger partial charge on any atom is 0.269 e. The summed E-state index contributed by atoms with van der Waals surface area (Å²) in [6.45, 7) is 0.731. The first-order valence-electron chi connectivity index (χ1n) is 8.93. The summed E-state index contributed by atoms with van der Waals surface area (Å²) in [7, 11) is 0. The van der Waals surface area contributed by atoms with Crippen molar-refractivity contribution in [3.05, 3.63) is 100 Å². The molecule has 0 radical (unpaired) electrons. The number of nitrogens with zero attached hydrogens (tertiary/aromatic N) is 2. The Morgan fingerprint density at radius 3 is 2.28 bits per heavy atom. The Labute approximate surface area is 168 Å². The molecule has 0 fully saturated rings. The number of hydrogen-bond donors (Lipinski definition) is 0. The second-order valence-electron chi connectivity index (χ2n) is 6.02. The van der Waals surface area contributed by atoms with Crippen molar-refractivity contribution in [3.63, 3.8) is 0 Å². The molecule has 6 heteroatoms. The SMILES string of the molecule is N#C/C(=C\c1ccccc1OCCOc1ccccc1)c1ccc([N+](=O)[O-])cc1. The fourth-order valence-electron chi connectivity index (χ4n) is 2.66. The van der Waals surface area contributed by atoms with Gasteiger partial charge in [0.1, 0.15) is 24.7 Å².